The van der Waals surface area contributed by atoms with Crippen LogP contribution in [-0.2, 0) is 13.2 Å². The second-order valence-corrected chi connectivity index (χ2v) is 4.53. The minimum Gasteiger partial charge on any atom is -0.487 e. The molecule has 108 valence electrons. The molecule has 0 unspecified atom stereocenters. The summed E-state index contributed by atoms with van der Waals surface area (Å²) < 4.78 is 44.7. The molecule has 0 bridgehead atoms. The summed E-state index contributed by atoms with van der Waals surface area (Å²) in [5.41, 5.74) is 1.17. The number of hydrogen-bond donors (Lipinski definition) is 0. The van der Waals surface area contributed by atoms with E-state index in [-0.39, 0.29) is 58.0 Å². The molecule has 0 radical (unpaired) electrons. The first kappa shape index (κ1) is 18.8. The predicted octanol–water partition coefficient (Wildman–Crippen LogP) is -0.151. The van der Waals surface area contributed by atoms with Crippen LogP contribution in [0.3, 0.4) is 0 Å². The van der Waals surface area contributed by atoms with Crippen molar-refractivity contribution >= 4 is 12.4 Å². The fraction of sp³-hybridized carbons (Fsp3) is 0.308. The molecule has 0 amide bonds. The normalized spacial score (nSPS) is 11.1. The van der Waals surface area contributed by atoms with Crippen LogP contribution in [0.25, 0.3) is 0 Å². The van der Waals surface area contributed by atoms with Crippen LogP contribution in [0.4, 0.5) is 12.9 Å². The van der Waals surface area contributed by atoms with Crippen LogP contribution in [0.15, 0.2) is 30.3 Å². The average Bonchev–Trinajstić information content (AvgIpc) is 2.76. The van der Waals surface area contributed by atoms with Crippen LogP contribution >= 0.6 is 0 Å². The van der Waals surface area contributed by atoms with Crippen molar-refractivity contribution in [1.29, 1.82) is 0 Å². The van der Waals surface area contributed by atoms with Crippen molar-refractivity contribution in [3.05, 3.63) is 41.7 Å². The van der Waals surface area contributed by atoms with E-state index in [0.29, 0.717) is 5.75 Å². The molecule has 0 saturated heterocycles. The Kier molecular flexibility index (Phi) is 6.99. The Bertz CT molecular complexity index is 584. The van der Waals surface area contributed by atoms with Gasteiger partial charge in [0.2, 0.25) is 0 Å². The maximum atomic E-state index is 12.5. The zero-order valence-corrected chi connectivity index (χ0v) is 15.4. The van der Waals surface area contributed by atoms with Gasteiger partial charge < -0.3 is 17.7 Å². The zero-order chi connectivity index (χ0) is 14.8. The molecular formula is C13H15BF3KN2O. The molecule has 21 heavy (non-hydrogen) atoms. The number of halogens is 3. The van der Waals surface area contributed by atoms with Crippen LogP contribution < -0.4 is 61.6 Å². The summed E-state index contributed by atoms with van der Waals surface area (Å²) in [6, 6.07) is 6.65. The monoisotopic (exact) mass is 322 g/mol. The number of rotatable bonds is 5. The topological polar surface area (TPSA) is 27.1 Å². The van der Waals surface area contributed by atoms with E-state index in [0.717, 1.165) is 30.1 Å². The van der Waals surface area contributed by atoms with Gasteiger partial charge in [0.1, 0.15) is 12.4 Å². The van der Waals surface area contributed by atoms with Crippen molar-refractivity contribution in [3.63, 3.8) is 0 Å². The van der Waals surface area contributed by atoms with Gasteiger partial charge in [-0.2, -0.15) is 5.10 Å². The third-order valence-electron chi connectivity index (χ3n) is 2.93. The molecule has 1 heterocycles. The number of aromatic nitrogens is 2. The van der Waals surface area contributed by atoms with E-state index < -0.39 is 12.4 Å². The molecule has 1 aromatic heterocycles. The summed E-state index contributed by atoms with van der Waals surface area (Å²) in [7, 11) is 0. The van der Waals surface area contributed by atoms with Crippen molar-refractivity contribution in [1.82, 2.24) is 9.78 Å². The zero-order valence-electron chi connectivity index (χ0n) is 12.3. The maximum Gasteiger partial charge on any atom is 1.00 e. The van der Waals surface area contributed by atoms with E-state index in [2.05, 4.69) is 5.10 Å². The van der Waals surface area contributed by atoms with Crippen molar-refractivity contribution in [2.75, 3.05) is 0 Å². The van der Waals surface area contributed by atoms with E-state index in [9.17, 15) is 12.9 Å². The predicted molar refractivity (Wildman–Crippen MR) is 72.1 cm³/mol. The molecule has 0 N–H and O–H groups in total. The first-order valence-corrected chi connectivity index (χ1v) is 6.36. The quantitative estimate of drug-likeness (QED) is 0.716. The molecule has 0 fully saturated rings. The maximum absolute atomic E-state index is 12.5. The molecule has 2 aromatic rings. The number of aryl methyl sites for hydroxylation is 2. The van der Waals surface area contributed by atoms with Crippen molar-refractivity contribution in [2.24, 2.45) is 0 Å². The number of hydrogen-bond acceptors (Lipinski definition) is 2. The number of benzene rings is 1. The Morgan fingerprint density at radius 3 is 2.33 bits per heavy atom. The molecule has 1 aromatic carbocycles. The summed E-state index contributed by atoms with van der Waals surface area (Å²) in [4.78, 5) is 0. The molecule has 0 aliphatic carbocycles. The molecule has 2 rings (SSSR count). The summed E-state index contributed by atoms with van der Waals surface area (Å²) in [5, 5.41) is 4.28. The first-order chi connectivity index (χ1) is 9.40. The van der Waals surface area contributed by atoms with Crippen molar-refractivity contribution in [2.45, 2.75) is 27.0 Å². The first-order valence-electron chi connectivity index (χ1n) is 6.36. The summed E-state index contributed by atoms with van der Waals surface area (Å²) >= 11 is 0. The fourth-order valence-corrected chi connectivity index (χ4v) is 1.93. The number of ether oxygens (including phenoxy) is 1. The van der Waals surface area contributed by atoms with Gasteiger partial charge in [0.25, 0.3) is 0 Å². The van der Waals surface area contributed by atoms with Gasteiger partial charge in [-0.05, 0) is 32.0 Å². The Hall–Kier alpha value is -0.279. The van der Waals surface area contributed by atoms with E-state index in [1.54, 1.807) is 0 Å². The molecule has 0 aliphatic rings. The van der Waals surface area contributed by atoms with Crippen molar-refractivity contribution in [3.8, 4) is 5.75 Å². The van der Waals surface area contributed by atoms with E-state index >= 15 is 0 Å². The molecular weight excluding hydrogens is 307 g/mol. The fourth-order valence-electron chi connectivity index (χ4n) is 1.93. The molecule has 8 heteroatoms. The molecule has 0 aliphatic heterocycles. The molecule has 0 saturated carbocycles. The van der Waals surface area contributed by atoms with Gasteiger partial charge in [0.15, 0.2) is 0 Å². The van der Waals surface area contributed by atoms with Gasteiger partial charge in [0, 0.05) is 6.54 Å². The largest absolute Gasteiger partial charge is 1.00 e. The summed E-state index contributed by atoms with van der Waals surface area (Å²) in [5.74, 6) is 0.412. The molecule has 3 nitrogen and oxygen atoms in total. The van der Waals surface area contributed by atoms with Gasteiger partial charge in [-0.15, -0.1) is 5.46 Å². The van der Waals surface area contributed by atoms with Gasteiger partial charge in [-0.3, -0.25) is 4.68 Å². The third kappa shape index (κ3) is 5.14. The van der Waals surface area contributed by atoms with Gasteiger partial charge in [0.05, 0.1) is 11.4 Å². The van der Waals surface area contributed by atoms with Crippen molar-refractivity contribution < 1.29 is 69.1 Å². The van der Waals surface area contributed by atoms with E-state index in [4.69, 9.17) is 4.74 Å². The summed E-state index contributed by atoms with van der Waals surface area (Å²) in [6.07, 6.45) is 0. The Morgan fingerprint density at radius 1 is 1.19 bits per heavy atom. The molecule has 0 spiro atoms. The van der Waals surface area contributed by atoms with Gasteiger partial charge >= 0.3 is 58.4 Å². The van der Waals surface area contributed by atoms with Crippen LogP contribution in [0.5, 0.6) is 5.75 Å². The Labute approximate surface area is 164 Å². The SMILES string of the molecule is CCn1nc(C)cc1COc1ccc([B-](F)(F)F)cc1.[K+]. The minimum atomic E-state index is -4.95. The number of nitrogens with zero attached hydrogens (tertiary/aromatic N) is 2. The Balaban J connectivity index is 0.00000220. The average molecular weight is 322 g/mol. The van der Waals surface area contributed by atoms with Crippen LogP contribution in [-0.4, -0.2) is 16.8 Å². The molecule has 0 atom stereocenters. The van der Waals surface area contributed by atoms with Gasteiger partial charge in [-0.1, -0.05) is 12.1 Å². The van der Waals surface area contributed by atoms with Crippen LogP contribution in [0, 0.1) is 6.92 Å². The third-order valence-corrected chi connectivity index (χ3v) is 2.93. The van der Waals surface area contributed by atoms with Crippen LogP contribution in [0.1, 0.15) is 18.3 Å². The van der Waals surface area contributed by atoms with Gasteiger partial charge in [-0.25, -0.2) is 0 Å². The minimum absolute atomic E-state index is 0. The Morgan fingerprint density at radius 2 is 1.81 bits per heavy atom. The van der Waals surface area contributed by atoms with Crippen LogP contribution in [0.2, 0.25) is 0 Å². The second kappa shape index (κ2) is 7.82. The summed E-state index contributed by atoms with van der Waals surface area (Å²) in [6.45, 7) is -0.0931. The van der Waals surface area contributed by atoms with E-state index in [1.165, 1.54) is 12.1 Å². The second-order valence-electron chi connectivity index (χ2n) is 4.53. The standard InChI is InChI=1S/C13H15BF3N2O.K/c1-3-19-12(8-10(2)18-19)9-20-13-6-4-11(5-7-13)14(15,16)17;/h4-8H,3,9H2,1-2H3;/q-1;+1. The van der Waals surface area contributed by atoms with E-state index in [1.807, 2.05) is 24.6 Å². The smallest absolute Gasteiger partial charge is 0.487 e.